The Bertz CT molecular complexity index is 878. The summed E-state index contributed by atoms with van der Waals surface area (Å²) in [4.78, 5) is 41.2. The van der Waals surface area contributed by atoms with Crippen molar-refractivity contribution in [3.8, 4) is 0 Å². The summed E-state index contributed by atoms with van der Waals surface area (Å²) in [5.41, 5.74) is 3.47. The Morgan fingerprint density at radius 1 is 1.11 bits per heavy atom. The number of carbonyl (C=O) groups excluding carboxylic acids is 3. The fourth-order valence-electron chi connectivity index (χ4n) is 4.10. The number of aryl methyl sites for hydroxylation is 1. The third-order valence-electron chi connectivity index (χ3n) is 5.58. The SMILES string of the molecule is CC(=O)c1c(C)[nH]c(C(=O)C[NH+]2CCC(C(=O)Nc3ccccc3)CC2)c1C. The van der Waals surface area contributed by atoms with Gasteiger partial charge in [-0.3, -0.25) is 14.4 Å². The molecule has 0 saturated carbocycles. The van der Waals surface area contributed by atoms with E-state index in [1.807, 2.05) is 44.2 Å². The van der Waals surface area contributed by atoms with E-state index in [4.69, 9.17) is 0 Å². The van der Waals surface area contributed by atoms with E-state index in [0.717, 1.165) is 42.9 Å². The van der Waals surface area contributed by atoms with Gasteiger partial charge in [0, 0.05) is 35.7 Å². The zero-order valence-corrected chi connectivity index (χ0v) is 16.7. The lowest BCUT2D eigenvalue weighted by atomic mass is 9.95. The van der Waals surface area contributed by atoms with Gasteiger partial charge in [-0.1, -0.05) is 18.2 Å². The first kappa shape index (κ1) is 20.0. The molecule has 28 heavy (non-hydrogen) atoms. The van der Waals surface area contributed by atoms with Crippen LogP contribution >= 0.6 is 0 Å². The predicted octanol–water partition coefficient (Wildman–Crippen LogP) is 1.95. The summed E-state index contributed by atoms with van der Waals surface area (Å²) in [6, 6.07) is 9.48. The van der Waals surface area contributed by atoms with Crippen LogP contribution in [0.15, 0.2) is 30.3 Å². The van der Waals surface area contributed by atoms with Crippen LogP contribution < -0.4 is 10.2 Å². The number of H-pyrrole nitrogens is 1. The Kier molecular flexibility index (Phi) is 6.09. The molecule has 1 amide bonds. The van der Waals surface area contributed by atoms with E-state index in [9.17, 15) is 14.4 Å². The highest BCUT2D eigenvalue weighted by Gasteiger charge is 2.30. The number of quaternary nitrogens is 1. The third-order valence-corrected chi connectivity index (χ3v) is 5.58. The van der Waals surface area contributed by atoms with Gasteiger partial charge in [-0.25, -0.2) is 0 Å². The number of benzene rings is 1. The molecule has 0 atom stereocenters. The van der Waals surface area contributed by atoms with Crippen LogP contribution in [0.3, 0.4) is 0 Å². The second-order valence-corrected chi connectivity index (χ2v) is 7.66. The van der Waals surface area contributed by atoms with Crippen LogP contribution in [0.25, 0.3) is 0 Å². The number of rotatable bonds is 6. The summed E-state index contributed by atoms with van der Waals surface area (Å²) in [5, 5.41) is 2.97. The van der Waals surface area contributed by atoms with Crippen molar-refractivity contribution in [3.63, 3.8) is 0 Å². The van der Waals surface area contributed by atoms with Crippen LogP contribution in [0.4, 0.5) is 5.69 Å². The zero-order chi connectivity index (χ0) is 20.3. The van der Waals surface area contributed by atoms with Crippen LogP contribution in [0, 0.1) is 19.8 Å². The number of amides is 1. The van der Waals surface area contributed by atoms with E-state index in [2.05, 4.69) is 10.3 Å². The van der Waals surface area contributed by atoms with Gasteiger partial charge in [0.2, 0.25) is 11.7 Å². The van der Waals surface area contributed by atoms with E-state index in [1.165, 1.54) is 11.8 Å². The highest BCUT2D eigenvalue weighted by Crippen LogP contribution is 2.19. The molecule has 6 heteroatoms. The number of likely N-dealkylation sites (tertiary alicyclic amines) is 1. The van der Waals surface area contributed by atoms with Crippen molar-refractivity contribution in [3.05, 3.63) is 52.8 Å². The van der Waals surface area contributed by atoms with Gasteiger partial charge in [-0.05, 0) is 38.5 Å². The molecule has 1 aromatic carbocycles. The van der Waals surface area contributed by atoms with Gasteiger partial charge in [-0.2, -0.15) is 0 Å². The van der Waals surface area contributed by atoms with Crippen molar-refractivity contribution in [2.45, 2.75) is 33.6 Å². The Balaban J connectivity index is 1.54. The third kappa shape index (κ3) is 4.39. The number of ketones is 2. The fraction of sp³-hybridized carbons (Fsp3) is 0.409. The maximum absolute atomic E-state index is 12.7. The number of piperidine rings is 1. The molecule has 1 aliphatic heterocycles. The lowest BCUT2D eigenvalue weighted by molar-refractivity contribution is -0.897. The molecule has 0 aliphatic carbocycles. The Morgan fingerprint density at radius 3 is 2.32 bits per heavy atom. The molecule has 1 saturated heterocycles. The van der Waals surface area contributed by atoms with Gasteiger partial charge in [-0.15, -0.1) is 0 Å². The average Bonchev–Trinajstić information content (AvgIpc) is 2.97. The van der Waals surface area contributed by atoms with E-state index in [1.54, 1.807) is 0 Å². The molecule has 1 aliphatic rings. The molecule has 2 heterocycles. The number of nitrogens with one attached hydrogen (secondary N) is 3. The van der Waals surface area contributed by atoms with E-state index >= 15 is 0 Å². The first-order valence-electron chi connectivity index (χ1n) is 9.79. The molecular weight excluding hydrogens is 354 g/mol. The highest BCUT2D eigenvalue weighted by molar-refractivity contribution is 6.03. The van der Waals surface area contributed by atoms with Crippen LogP contribution in [0.1, 0.15) is 51.9 Å². The summed E-state index contributed by atoms with van der Waals surface area (Å²) in [6.07, 6.45) is 1.53. The van der Waals surface area contributed by atoms with E-state index in [0.29, 0.717) is 17.8 Å². The summed E-state index contributed by atoms with van der Waals surface area (Å²) < 4.78 is 0. The number of Topliss-reactive ketones (excluding diaryl/α,β-unsaturated/α-hetero) is 2. The molecule has 3 N–H and O–H groups in total. The Hall–Kier alpha value is -2.73. The molecule has 2 aromatic rings. The number of aromatic nitrogens is 1. The van der Waals surface area contributed by atoms with Crippen molar-refractivity contribution in [1.82, 2.24) is 4.98 Å². The number of para-hydroxylation sites is 1. The molecular formula is C22H28N3O3+. The molecule has 0 spiro atoms. The monoisotopic (exact) mass is 382 g/mol. The normalized spacial score (nSPS) is 19.2. The van der Waals surface area contributed by atoms with Gasteiger partial charge in [0.1, 0.15) is 6.54 Å². The van der Waals surface area contributed by atoms with Crippen molar-refractivity contribution in [1.29, 1.82) is 0 Å². The minimum Gasteiger partial charge on any atom is -0.355 e. The number of aromatic amines is 1. The maximum Gasteiger partial charge on any atom is 0.233 e. The lowest BCUT2D eigenvalue weighted by Gasteiger charge is -2.28. The number of hydrogen-bond acceptors (Lipinski definition) is 3. The Morgan fingerprint density at radius 2 is 1.75 bits per heavy atom. The van der Waals surface area contributed by atoms with Crippen LogP contribution in [0.5, 0.6) is 0 Å². The molecule has 3 rings (SSSR count). The van der Waals surface area contributed by atoms with E-state index in [-0.39, 0.29) is 23.4 Å². The smallest absolute Gasteiger partial charge is 0.233 e. The fourth-order valence-corrected chi connectivity index (χ4v) is 4.10. The summed E-state index contributed by atoms with van der Waals surface area (Å²) >= 11 is 0. The number of hydrogen-bond donors (Lipinski definition) is 3. The van der Waals surface area contributed by atoms with Gasteiger partial charge in [0.25, 0.3) is 0 Å². The number of anilines is 1. The van der Waals surface area contributed by atoms with Crippen LogP contribution in [0.2, 0.25) is 0 Å². The lowest BCUT2D eigenvalue weighted by Crippen LogP contribution is -3.14. The molecule has 0 bridgehead atoms. The average molecular weight is 382 g/mol. The van der Waals surface area contributed by atoms with Crippen molar-refractivity contribution >= 4 is 23.2 Å². The van der Waals surface area contributed by atoms with Gasteiger partial charge in [0.15, 0.2) is 5.78 Å². The molecule has 0 radical (unpaired) electrons. The standard InChI is InChI=1S/C22H27N3O3/c1-14-20(16(3)26)15(2)23-21(14)19(27)13-25-11-9-17(10-12-25)22(28)24-18-7-5-4-6-8-18/h4-8,17,23H,9-13H2,1-3H3,(H,24,28)/p+1. The molecule has 6 nitrogen and oxygen atoms in total. The van der Waals surface area contributed by atoms with Gasteiger partial charge < -0.3 is 15.2 Å². The number of carbonyl (C=O) groups is 3. The predicted molar refractivity (Wildman–Crippen MR) is 108 cm³/mol. The van der Waals surface area contributed by atoms with E-state index < -0.39 is 0 Å². The maximum atomic E-state index is 12.7. The summed E-state index contributed by atoms with van der Waals surface area (Å²) in [6.45, 7) is 7.13. The second-order valence-electron chi connectivity index (χ2n) is 7.66. The van der Waals surface area contributed by atoms with Gasteiger partial charge in [0.05, 0.1) is 18.8 Å². The van der Waals surface area contributed by atoms with Crippen molar-refractivity contribution < 1.29 is 19.3 Å². The topological polar surface area (TPSA) is 83.5 Å². The largest absolute Gasteiger partial charge is 0.355 e. The summed E-state index contributed by atoms with van der Waals surface area (Å²) in [7, 11) is 0. The van der Waals surface area contributed by atoms with Crippen molar-refractivity contribution in [2.75, 3.05) is 25.0 Å². The van der Waals surface area contributed by atoms with Gasteiger partial charge >= 0.3 is 0 Å². The first-order chi connectivity index (χ1) is 13.4. The summed E-state index contributed by atoms with van der Waals surface area (Å²) in [5.74, 6) is 0.0366. The zero-order valence-electron chi connectivity index (χ0n) is 16.7. The second kappa shape index (κ2) is 8.52. The quantitative estimate of drug-likeness (QED) is 0.668. The molecule has 148 valence electrons. The molecule has 1 aromatic heterocycles. The minimum atomic E-state index is -0.0251. The Labute approximate surface area is 165 Å². The highest BCUT2D eigenvalue weighted by atomic mass is 16.2. The van der Waals surface area contributed by atoms with Crippen LogP contribution in [-0.2, 0) is 4.79 Å². The first-order valence-corrected chi connectivity index (χ1v) is 9.79. The van der Waals surface area contributed by atoms with Crippen LogP contribution in [-0.4, -0.2) is 42.1 Å². The molecule has 0 unspecified atom stereocenters. The minimum absolute atomic E-state index is 0.0159. The molecule has 1 fully saturated rings. The van der Waals surface area contributed by atoms with Crippen molar-refractivity contribution in [2.24, 2.45) is 5.92 Å².